The van der Waals surface area contributed by atoms with Gasteiger partial charge in [0.2, 0.25) is 0 Å². The summed E-state index contributed by atoms with van der Waals surface area (Å²) in [5.74, 6) is -0.0691. The average molecular weight is 295 g/mol. The number of likely N-dealkylation sites (tertiary alicyclic amines) is 1. The molecule has 2 saturated heterocycles. The number of hydrogen-bond donors (Lipinski definition) is 1. The molecular formula is C17H29NO3. The lowest BCUT2D eigenvalue weighted by molar-refractivity contribution is -0.137. The molecule has 3 fully saturated rings. The molecule has 120 valence electrons. The highest BCUT2D eigenvalue weighted by molar-refractivity contribution is 5.66. The van der Waals surface area contributed by atoms with Crippen molar-refractivity contribution in [2.24, 2.45) is 5.92 Å². The van der Waals surface area contributed by atoms with Crippen molar-refractivity contribution in [3.8, 4) is 0 Å². The third kappa shape index (κ3) is 3.78. The second-order valence-electron chi connectivity index (χ2n) is 7.32. The molecule has 1 spiro atoms. The Hall–Kier alpha value is -0.610. The Morgan fingerprint density at radius 2 is 2.05 bits per heavy atom. The summed E-state index contributed by atoms with van der Waals surface area (Å²) < 4.78 is 6.15. The van der Waals surface area contributed by atoms with Gasteiger partial charge in [-0.3, -0.25) is 9.69 Å². The van der Waals surface area contributed by atoms with Gasteiger partial charge >= 0.3 is 5.97 Å². The largest absolute Gasteiger partial charge is 0.481 e. The Balaban J connectivity index is 1.54. The van der Waals surface area contributed by atoms with Gasteiger partial charge in [-0.15, -0.1) is 0 Å². The predicted molar refractivity (Wildman–Crippen MR) is 81.3 cm³/mol. The molecule has 2 heterocycles. The van der Waals surface area contributed by atoms with Gasteiger partial charge in [0.05, 0.1) is 5.60 Å². The van der Waals surface area contributed by atoms with Crippen molar-refractivity contribution in [3.05, 3.63) is 0 Å². The molecule has 2 unspecified atom stereocenters. The van der Waals surface area contributed by atoms with Crippen molar-refractivity contribution in [2.45, 2.75) is 75.9 Å². The highest BCUT2D eigenvalue weighted by atomic mass is 16.5. The third-order valence-electron chi connectivity index (χ3n) is 5.81. The quantitative estimate of drug-likeness (QED) is 0.866. The van der Waals surface area contributed by atoms with E-state index in [9.17, 15) is 4.79 Å². The fourth-order valence-corrected chi connectivity index (χ4v) is 4.67. The van der Waals surface area contributed by atoms with E-state index in [2.05, 4.69) is 4.90 Å². The molecule has 1 N–H and O–H groups in total. The number of rotatable bonds is 4. The first-order chi connectivity index (χ1) is 10.2. The van der Waals surface area contributed by atoms with Crippen LogP contribution in [0.4, 0.5) is 0 Å². The lowest BCUT2D eigenvalue weighted by Gasteiger charge is -2.45. The molecule has 4 heteroatoms. The molecule has 0 bridgehead atoms. The Kier molecular flexibility index (Phi) is 4.85. The number of aliphatic carboxylic acids is 1. The minimum atomic E-state index is -0.650. The molecule has 3 aliphatic rings. The number of ether oxygens (including phenoxy) is 1. The van der Waals surface area contributed by atoms with Crippen molar-refractivity contribution >= 4 is 5.97 Å². The normalized spacial score (nSPS) is 33.3. The van der Waals surface area contributed by atoms with Crippen LogP contribution in [0.1, 0.15) is 64.2 Å². The fraction of sp³-hybridized carbons (Fsp3) is 0.941. The smallest absolute Gasteiger partial charge is 0.303 e. The van der Waals surface area contributed by atoms with Crippen LogP contribution in [0.25, 0.3) is 0 Å². The number of nitrogens with zero attached hydrogens (tertiary/aromatic N) is 1. The van der Waals surface area contributed by atoms with Crippen LogP contribution in [0.15, 0.2) is 0 Å². The zero-order chi connectivity index (χ0) is 14.7. The summed E-state index contributed by atoms with van der Waals surface area (Å²) in [6.07, 6.45) is 11.1. The average Bonchev–Trinajstić information content (AvgIpc) is 2.93. The van der Waals surface area contributed by atoms with Gasteiger partial charge < -0.3 is 9.84 Å². The van der Waals surface area contributed by atoms with Crippen LogP contribution in [-0.4, -0.2) is 47.3 Å². The Morgan fingerprint density at radius 1 is 1.24 bits per heavy atom. The van der Waals surface area contributed by atoms with E-state index in [0.717, 1.165) is 26.0 Å². The molecule has 2 aliphatic heterocycles. The van der Waals surface area contributed by atoms with Gasteiger partial charge in [-0.25, -0.2) is 0 Å². The maximum atomic E-state index is 10.8. The maximum absolute atomic E-state index is 10.8. The second-order valence-corrected chi connectivity index (χ2v) is 7.32. The zero-order valence-corrected chi connectivity index (χ0v) is 13.1. The van der Waals surface area contributed by atoms with Gasteiger partial charge in [0.15, 0.2) is 0 Å². The molecule has 2 atom stereocenters. The van der Waals surface area contributed by atoms with E-state index in [-0.39, 0.29) is 5.60 Å². The molecule has 0 amide bonds. The number of hydrogen-bond acceptors (Lipinski definition) is 3. The zero-order valence-electron chi connectivity index (χ0n) is 13.1. The van der Waals surface area contributed by atoms with Gasteiger partial charge in [0.1, 0.15) is 0 Å². The minimum Gasteiger partial charge on any atom is -0.481 e. The lowest BCUT2D eigenvalue weighted by atomic mass is 9.85. The van der Waals surface area contributed by atoms with Crippen LogP contribution < -0.4 is 0 Å². The predicted octanol–water partition coefficient (Wildman–Crippen LogP) is 3.06. The van der Waals surface area contributed by atoms with Crippen molar-refractivity contribution in [1.82, 2.24) is 4.90 Å². The molecule has 1 saturated carbocycles. The van der Waals surface area contributed by atoms with Crippen molar-refractivity contribution in [2.75, 3.05) is 19.7 Å². The first-order valence-corrected chi connectivity index (χ1v) is 8.77. The van der Waals surface area contributed by atoms with Crippen LogP contribution >= 0.6 is 0 Å². The van der Waals surface area contributed by atoms with Crippen molar-refractivity contribution in [1.29, 1.82) is 0 Å². The van der Waals surface area contributed by atoms with Crippen LogP contribution in [0.5, 0.6) is 0 Å². The molecule has 0 aromatic heterocycles. The summed E-state index contributed by atoms with van der Waals surface area (Å²) >= 11 is 0. The molecule has 0 radical (unpaired) electrons. The van der Waals surface area contributed by atoms with E-state index in [4.69, 9.17) is 9.84 Å². The Labute approximate surface area is 127 Å². The van der Waals surface area contributed by atoms with Crippen molar-refractivity contribution in [3.63, 3.8) is 0 Å². The SMILES string of the molecule is O=C(O)CCC1CCCN(C2CCOC3(CCCC3)C2)C1. The highest BCUT2D eigenvalue weighted by Gasteiger charge is 2.42. The van der Waals surface area contributed by atoms with Crippen LogP contribution in [0.2, 0.25) is 0 Å². The first kappa shape index (κ1) is 15.3. The van der Waals surface area contributed by atoms with Gasteiger partial charge in [-0.2, -0.15) is 0 Å². The van der Waals surface area contributed by atoms with Crippen molar-refractivity contribution < 1.29 is 14.6 Å². The molecule has 0 aromatic rings. The highest BCUT2D eigenvalue weighted by Crippen LogP contribution is 2.41. The van der Waals surface area contributed by atoms with E-state index in [1.807, 2.05) is 0 Å². The van der Waals surface area contributed by atoms with E-state index in [0.29, 0.717) is 18.4 Å². The van der Waals surface area contributed by atoms with Crippen LogP contribution in [0, 0.1) is 5.92 Å². The van der Waals surface area contributed by atoms with Gasteiger partial charge in [0, 0.05) is 25.6 Å². The molecule has 21 heavy (non-hydrogen) atoms. The summed E-state index contributed by atoms with van der Waals surface area (Å²) in [5, 5.41) is 8.87. The number of carboxylic acids is 1. The molecule has 4 nitrogen and oxygen atoms in total. The van der Waals surface area contributed by atoms with E-state index in [1.54, 1.807) is 0 Å². The molecule has 0 aromatic carbocycles. The Bertz CT molecular complexity index is 365. The first-order valence-electron chi connectivity index (χ1n) is 8.77. The lowest BCUT2D eigenvalue weighted by Crippen LogP contribution is -2.50. The van der Waals surface area contributed by atoms with E-state index < -0.39 is 5.97 Å². The standard InChI is InChI=1S/C17H29NO3/c19-16(20)6-5-14-4-3-10-18(13-14)15-7-11-21-17(12-15)8-1-2-9-17/h14-15H,1-13H2,(H,19,20). The number of carbonyl (C=O) groups is 1. The molecular weight excluding hydrogens is 266 g/mol. The summed E-state index contributed by atoms with van der Waals surface area (Å²) in [6, 6.07) is 0.671. The van der Waals surface area contributed by atoms with Gasteiger partial charge in [0.25, 0.3) is 0 Å². The Morgan fingerprint density at radius 3 is 2.81 bits per heavy atom. The number of piperidine rings is 1. The molecule has 1 aliphatic carbocycles. The second kappa shape index (κ2) is 6.66. The summed E-state index contributed by atoms with van der Waals surface area (Å²) in [7, 11) is 0. The summed E-state index contributed by atoms with van der Waals surface area (Å²) in [5.41, 5.74) is 0.191. The van der Waals surface area contributed by atoms with E-state index >= 15 is 0 Å². The fourth-order valence-electron chi connectivity index (χ4n) is 4.67. The van der Waals surface area contributed by atoms with Gasteiger partial charge in [-0.05, 0) is 57.4 Å². The van der Waals surface area contributed by atoms with Crippen LogP contribution in [-0.2, 0) is 9.53 Å². The monoisotopic (exact) mass is 295 g/mol. The molecule has 3 rings (SSSR count). The van der Waals surface area contributed by atoms with E-state index in [1.165, 1.54) is 51.5 Å². The summed E-state index contributed by atoms with van der Waals surface area (Å²) in [4.78, 5) is 13.4. The third-order valence-corrected chi connectivity index (χ3v) is 5.81. The van der Waals surface area contributed by atoms with Crippen LogP contribution in [0.3, 0.4) is 0 Å². The summed E-state index contributed by atoms with van der Waals surface area (Å²) in [6.45, 7) is 3.22. The van der Waals surface area contributed by atoms with Gasteiger partial charge in [-0.1, -0.05) is 12.8 Å². The minimum absolute atomic E-state index is 0.191. The maximum Gasteiger partial charge on any atom is 0.303 e. The number of carboxylic acid groups (broad SMARTS) is 1. The topological polar surface area (TPSA) is 49.8 Å².